The molecule has 0 bridgehead atoms. The minimum Gasteiger partial charge on any atom is -0.494 e. The zero-order valence-corrected chi connectivity index (χ0v) is 18.9. The Balaban J connectivity index is 1.32. The third-order valence-corrected chi connectivity index (χ3v) is 4.91. The highest BCUT2D eigenvalue weighted by atomic mass is 19.4. The van der Waals surface area contributed by atoms with E-state index in [0.29, 0.717) is 29.3 Å². The summed E-state index contributed by atoms with van der Waals surface area (Å²) in [6.45, 7) is 1.89. The predicted octanol–water partition coefficient (Wildman–Crippen LogP) is 4.17. The van der Waals surface area contributed by atoms with Crippen LogP contribution in [0.5, 0.6) is 5.75 Å². The molecule has 0 radical (unpaired) electrons. The molecule has 0 unspecified atom stereocenters. The number of benzene rings is 3. The molecule has 12 heteroatoms. The second-order valence-corrected chi connectivity index (χ2v) is 7.47. The van der Waals surface area contributed by atoms with Crippen molar-refractivity contribution in [3.63, 3.8) is 0 Å². The number of carbonyl (C=O) groups excluding carboxylic acids is 2. The highest BCUT2D eigenvalue weighted by Gasteiger charge is 2.31. The molecule has 2 N–H and O–H groups in total. The fourth-order valence-electron chi connectivity index (χ4n) is 3.20. The van der Waals surface area contributed by atoms with Crippen LogP contribution in [0.1, 0.15) is 22.8 Å². The molecule has 1 aromatic heterocycles. The smallest absolute Gasteiger partial charge is 0.416 e. The van der Waals surface area contributed by atoms with Gasteiger partial charge in [0.2, 0.25) is 0 Å². The summed E-state index contributed by atoms with van der Waals surface area (Å²) < 4.78 is 44.2. The number of nitrogens with zero attached hydrogens (tertiary/aromatic N) is 3. The molecule has 36 heavy (non-hydrogen) atoms. The van der Waals surface area contributed by atoms with E-state index in [-0.39, 0.29) is 16.9 Å². The molecule has 0 spiro atoms. The van der Waals surface area contributed by atoms with Gasteiger partial charge in [-0.3, -0.25) is 9.59 Å². The number of alkyl halides is 3. The van der Waals surface area contributed by atoms with Crippen molar-refractivity contribution in [2.75, 3.05) is 23.8 Å². The molecule has 186 valence electrons. The van der Waals surface area contributed by atoms with Crippen molar-refractivity contribution in [3.8, 4) is 5.75 Å². The van der Waals surface area contributed by atoms with Crippen LogP contribution in [0.4, 0.5) is 24.5 Å². The molecule has 0 aliphatic carbocycles. The van der Waals surface area contributed by atoms with Crippen molar-refractivity contribution >= 4 is 34.2 Å². The highest BCUT2D eigenvalue weighted by Crippen LogP contribution is 2.30. The van der Waals surface area contributed by atoms with Gasteiger partial charge in [0, 0.05) is 16.9 Å². The number of ether oxygens (including phenoxy) is 1. The normalized spacial score (nSPS) is 11.2. The summed E-state index contributed by atoms with van der Waals surface area (Å²) in [6.07, 6.45) is -4.54. The lowest BCUT2D eigenvalue weighted by atomic mass is 10.2. The Kier molecular flexibility index (Phi) is 7.04. The first kappa shape index (κ1) is 24.5. The SMILES string of the molecule is CCOc1ccc(NC(=O)c2ccc(NC(=O)COn3nnc4ccc(C(F)(F)F)cc43)cc2)cc1. The van der Waals surface area contributed by atoms with E-state index < -0.39 is 24.3 Å². The summed E-state index contributed by atoms with van der Waals surface area (Å²) in [4.78, 5) is 30.7. The largest absolute Gasteiger partial charge is 0.494 e. The number of carbonyl (C=O) groups is 2. The lowest BCUT2D eigenvalue weighted by Crippen LogP contribution is -2.26. The van der Waals surface area contributed by atoms with Gasteiger partial charge in [-0.25, -0.2) is 0 Å². The van der Waals surface area contributed by atoms with E-state index in [9.17, 15) is 22.8 Å². The third kappa shape index (κ3) is 5.90. The van der Waals surface area contributed by atoms with Gasteiger partial charge in [-0.1, -0.05) is 4.85 Å². The Morgan fingerprint density at radius 2 is 1.61 bits per heavy atom. The molecule has 4 aromatic rings. The number of halogens is 3. The molecule has 1 heterocycles. The van der Waals surface area contributed by atoms with Gasteiger partial charge in [-0.05, 0) is 78.9 Å². The van der Waals surface area contributed by atoms with E-state index in [4.69, 9.17) is 9.57 Å². The van der Waals surface area contributed by atoms with Crippen LogP contribution in [-0.4, -0.2) is 40.2 Å². The van der Waals surface area contributed by atoms with Crippen molar-refractivity contribution in [3.05, 3.63) is 77.9 Å². The van der Waals surface area contributed by atoms with Crippen LogP contribution >= 0.6 is 0 Å². The van der Waals surface area contributed by atoms with E-state index >= 15 is 0 Å². The monoisotopic (exact) mass is 499 g/mol. The molecule has 4 rings (SSSR count). The van der Waals surface area contributed by atoms with Gasteiger partial charge < -0.3 is 20.2 Å². The molecule has 2 amide bonds. The molecule has 0 aliphatic rings. The minimum absolute atomic E-state index is 0.0273. The van der Waals surface area contributed by atoms with Crippen LogP contribution in [0.2, 0.25) is 0 Å². The lowest BCUT2D eigenvalue weighted by molar-refractivity contribution is -0.137. The number of amides is 2. The number of rotatable bonds is 8. The van der Waals surface area contributed by atoms with Crippen molar-refractivity contribution < 1.29 is 32.3 Å². The highest BCUT2D eigenvalue weighted by molar-refractivity contribution is 6.04. The fourth-order valence-corrected chi connectivity index (χ4v) is 3.20. The van der Waals surface area contributed by atoms with E-state index in [1.54, 1.807) is 24.3 Å². The van der Waals surface area contributed by atoms with E-state index in [0.717, 1.165) is 17.0 Å². The molecule has 9 nitrogen and oxygen atoms in total. The molecule has 3 aromatic carbocycles. The quantitative estimate of drug-likeness (QED) is 0.377. The lowest BCUT2D eigenvalue weighted by Gasteiger charge is -2.09. The average Bonchev–Trinajstić information content (AvgIpc) is 3.26. The molecule has 0 atom stereocenters. The standard InChI is InChI=1S/C24H20F3N5O4/c1-2-35-19-10-8-18(9-11-19)29-23(34)15-3-6-17(7-4-15)28-22(33)14-36-32-21-13-16(24(25,26)27)5-12-20(21)30-31-32/h3-13H,2,14H2,1H3,(H,28,33)(H,29,34). The Morgan fingerprint density at radius 1 is 0.944 bits per heavy atom. The molecular weight excluding hydrogens is 479 g/mol. The molecule has 0 saturated carbocycles. The molecular formula is C24H20F3N5O4. The zero-order valence-electron chi connectivity index (χ0n) is 18.9. The van der Waals surface area contributed by atoms with Crippen LogP contribution in [-0.2, 0) is 11.0 Å². The second-order valence-electron chi connectivity index (χ2n) is 7.47. The number of nitrogens with one attached hydrogen (secondary N) is 2. The summed E-state index contributed by atoms with van der Waals surface area (Å²) in [6, 6.07) is 16.0. The van der Waals surface area contributed by atoms with Gasteiger partial charge >= 0.3 is 6.18 Å². The first-order valence-corrected chi connectivity index (χ1v) is 10.7. The number of hydrogen-bond acceptors (Lipinski definition) is 6. The van der Waals surface area contributed by atoms with Crippen LogP contribution in [0.3, 0.4) is 0 Å². The Bertz CT molecular complexity index is 1370. The fraction of sp³-hybridized carbons (Fsp3) is 0.167. The molecule has 0 fully saturated rings. The van der Waals surface area contributed by atoms with Gasteiger partial charge in [0.1, 0.15) is 16.8 Å². The maximum atomic E-state index is 13.0. The average molecular weight is 499 g/mol. The predicted molar refractivity (Wildman–Crippen MR) is 125 cm³/mol. The molecule has 0 saturated heterocycles. The Hall–Kier alpha value is -4.61. The van der Waals surface area contributed by atoms with Gasteiger partial charge in [0.15, 0.2) is 6.61 Å². The van der Waals surface area contributed by atoms with Crippen LogP contribution < -0.4 is 20.2 Å². The summed E-state index contributed by atoms with van der Waals surface area (Å²) in [7, 11) is 0. The van der Waals surface area contributed by atoms with Crippen molar-refractivity contribution in [1.82, 2.24) is 15.2 Å². The van der Waals surface area contributed by atoms with Crippen molar-refractivity contribution in [1.29, 1.82) is 0 Å². The van der Waals surface area contributed by atoms with Gasteiger partial charge in [0.05, 0.1) is 12.2 Å². The molecule has 0 aliphatic heterocycles. The van der Waals surface area contributed by atoms with E-state index in [1.165, 1.54) is 30.3 Å². The summed E-state index contributed by atoms with van der Waals surface area (Å²) in [5.74, 6) is -0.225. The number of aromatic nitrogens is 3. The maximum Gasteiger partial charge on any atom is 0.416 e. The Morgan fingerprint density at radius 3 is 2.28 bits per heavy atom. The maximum absolute atomic E-state index is 13.0. The first-order valence-electron chi connectivity index (χ1n) is 10.7. The van der Waals surface area contributed by atoms with Crippen LogP contribution in [0.15, 0.2) is 66.7 Å². The minimum atomic E-state index is -4.54. The number of fused-ring (bicyclic) bond motifs is 1. The summed E-state index contributed by atoms with van der Waals surface area (Å²) >= 11 is 0. The van der Waals surface area contributed by atoms with Gasteiger partial charge in [-0.2, -0.15) is 13.2 Å². The van der Waals surface area contributed by atoms with E-state index in [1.807, 2.05) is 6.92 Å². The first-order chi connectivity index (χ1) is 17.2. The summed E-state index contributed by atoms with van der Waals surface area (Å²) in [5, 5.41) is 12.7. The summed E-state index contributed by atoms with van der Waals surface area (Å²) in [5.41, 5.74) is 0.624. The van der Waals surface area contributed by atoms with Gasteiger partial charge in [0.25, 0.3) is 11.8 Å². The topological polar surface area (TPSA) is 107 Å². The van der Waals surface area contributed by atoms with Gasteiger partial charge in [-0.15, -0.1) is 5.10 Å². The zero-order chi connectivity index (χ0) is 25.7. The van der Waals surface area contributed by atoms with Crippen molar-refractivity contribution in [2.45, 2.75) is 13.1 Å². The van der Waals surface area contributed by atoms with E-state index in [2.05, 4.69) is 20.9 Å². The third-order valence-electron chi connectivity index (χ3n) is 4.91. The van der Waals surface area contributed by atoms with Crippen LogP contribution in [0.25, 0.3) is 11.0 Å². The number of anilines is 2. The van der Waals surface area contributed by atoms with Crippen molar-refractivity contribution in [2.24, 2.45) is 0 Å². The Labute approximate surface area is 202 Å². The second kappa shape index (κ2) is 10.3. The number of hydrogen-bond donors (Lipinski definition) is 2. The van der Waals surface area contributed by atoms with Crippen LogP contribution in [0, 0.1) is 0 Å².